The van der Waals surface area contributed by atoms with Crippen LogP contribution >= 0.6 is 11.3 Å². The molecule has 0 saturated carbocycles. The van der Waals surface area contributed by atoms with E-state index in [-0.39, 0.29) is 5.01 Å². The second kappa shape index (κ2) is 4.46. The fraction of sp³-hybridized carbons (Fsp3) is 0.625. The summed E-state index contributed by atoms with van der Waals surface area (Å²) in [6.45, 7) is 0.516. The summed E-state index contributed by atoms with van der Waals surface area (Å²) in [4.78, 5) is 6.07. The Morgan fingerprint density at radius 1 is 1.53 bits per heavy atom. The van der Waals surface area contributed by atoms with Crippen LogP contribution in [0.2, 0.25) is 0 Å². The van der Waals surface area contributed by atoms with Gasteiger partial charge in [0.1, 0.15) is 5.01 Å². The zero-order valence-electron chi connectivity index (χ0n) is 8.25. The van der Waals surface area contributed by atoms with E-state index in [0.29, 0.717) is 11.4 Å². The summed E-state index contributed by atoms with van der Waals surface area (Å²) < 4.78 is 36.3. The van der Waals surface area contributed by atoms with E-state index in [1.165, 1.54) is 6.20 Å². The molecule has 0 spiro atoms. The van der Waals surface area contributed by atoms with E-state index in [0.717, 1.165) is 11.3 Å². The van der Waals surface area contributed by atoms with Crippen molar-refractivity contribution in [2.24, 2.45) is 0 Å². The first-order chi connectivity index (χ1) is 6.80. The Hall–Kier alpha value is -0.660. The first kappa shape index (κ1) is 12.4. The molecule has 1 unspecified atom stereocenters. The molecule has 0 aromatic carbocycles. The second-order valence-corrected chi connectivity index (χ2v) is 4.49. The van der Waals surface area contributed by atoms with Crippen LogP contribution < -0.4 is 0 Å². The molecular weight excluding hydrogens is 229 g/mol. The van der Waals surface area contributed by atoms with E-state index in [1.807, 2.05) is 4.90 Å². The molecule has 0 fully saturated rings. The first-order valence-electron chi connectivity index (χ1n) is 4.15. The quantitative estimate of drug-likeness (QED) is 0.875. The monoisotopic (exact) mass is 240 g/mol. The highest BCUT2D eigenvalue weighted by Crippen LogP contribution is 2.34. The lowest BCUT2D eigenvalue weighted by Gasteiger charge is -2.11. The van der Waals surface area contributed by atoms with Gasteiger partial charge < -0.3 is 10.0 Å². The van der Waals surface area contributed by atoms with E-state index in [9.17, 15) is 13.2 Å². The van der Waals surface area contributed by atoms with E-state index in [2.05, 4.69) is 4.98 Å². The SMILES string of the molecule is CN(C)Cc1cnc(C(O)C(F)(F)F)s1. The number of hydrogen-bond donors (Lipinski definition) is 1. The van der Waals surface area contributed by atoms with Gasteiger partial charge in [-0.15, -0.1) is 11.3 Å². The summed E-state index contributed by atoms with van der Waals surface area (Å²) in [7, 11) is 3.61. The summed E-state index contributed by atoms with van der Waals surface area (Å²) in [5.41, 5.74) is 0. The molecule has 1 N–H and O–H groups in total. The van der Waals surface area contributed by atoms with Gasteiger partial charge in [-0.05, 0) is 14.1 Å². The van der Waals surface area contributed by atoms with Crippen LogP contribution in [0.4, 0.5) is 13.2 Å². The van der Waals surface area contributed by atoms with Crippen molar-refractivity contribution >= 4 is 11.3 Å². The number of thiazole rings is 1. The summed E-state index contributed by atoms with van der Waals surface area (Å²) >= 11 is 0.873. The molecular formula is C8H11F3N2OS. The van der Waals surface area contributed by atoms with Crippen LogP contribution in [0.3, 0.4) is 0 Å². The average Bonchev–Trinajstić information content (AvgIpc) is 2.48. The normalized spacial score (nSPS) is 14.6. The Balaban J connectivity index is 2.76. The lowest BCUT2D eigenvalue weighted by Crippen LogP contribution is -2.19. The minimum Gasteiger partial charge on any atom is -0.377 e. The van der Waals surface area contributed by atoms with Crippen molar-refractivity contribution in [2.75, 3.05) is 14.1 Å². The predicted molar refractivity (Wildman–Crippen MR) is 50.5 cm³/mol. The summed E-state index contributed by atoms with van der Waals surface area (Å²) in [5, 5.41) is 8.61. The maximum Gasteiger partial charge on any atom is 0.420 e. The molecule has 1 heterocycles. The molecule has 86 valence electrons. The highest BCUT2D eigenvalue weighted by molar-refractivity contribution is 7.11. The van der Waals surface area contributed by atoms with Crippen molar-refractivity contribution in [3.8, 4) is 0 Å². The number of nitrogens with zero attached hydrogens (tertiary/aromatic N) is 2. The Labute approximate surface area is 89.2 Å². The van der Waals surface area contributed by atoms with Crippen LogP contribution in [0.15, 0.2) is 6.20 Å². The van der Waals surface area contributed by atoms with Gasteiger partial charge in [0, 0.05) is 17.6 Å². The van der Waals surface area contributed by atoms with Crippen LogP contribution in [0, 0.1) is 0 Å². The standard InChI is InChI=1S/C8H11F3N2OS/c1-13(2)4-5-3-12-7(15-5)6(14)8(9,10)11/h3,6,14H,4H2,1-2H3. The molecule has 3 nitrogen and oxygen atoms in total. The zero-order chi connectivity index (χ0) is 11.6. The van der Waals surface area contributed by atoms with Crippen LogP contribution in [-0.4, -0.2) is 35.3 Å². The largest absolute Gasteiger partial charge is 0.420 e. The van der Waals surface area contributed by atoms with Gasteiger partial charge in [0.15, 0.2) is 0 Å². The number of hydrogen-bond acceptors (Lipinski definition) is 4. The number of rotatable bonds is 3. The molecule has 0 saturated heterocycles. The highest BCUT2D eigenvalue weighted by atomic mass is 32.1. The van der Waals surface area contributed by atoms with Crippen LogP contribution in [0.1, 0.15) is 16.0 Å². The van der Waals surface area contributed by atoms with Crippen molar-refractivity contribution in [3.05, 3.63) is 16.1 Å². The Bertz CT molecular complexity index is 324. The number of aromatic nitrogens is 1. The molecule has 1 rings (SSSR count). The maximum absolute atomic E-state index is 12.1. The summed E-state index contributed by atoms with van der Waals surface area (Å²) in [6.07, 6.45) is -5.76. The molecule has 0 radical (unpaired) electrons. The number of aliphatic hydroxyl groups excluding tert-OH is 1. The first-order valence-corrected chi connectivity index (χ1v) is 4.96. The minimum atomic E-state index is -4.65. The van der Waals surface area contributed by atoms with Gasteiger partial charge in [0.05, 0.1) is 0 Å². The average molecular weight is 240 g/mol. The third-order valence-corrected chi connectivity index (χ3v) is 2.62. The van der Waals surface area contributed by atoms with Gasteiger partial charge in [-0.3, -0.25) is 0 Å². The lowest BCUT2D eigenvalue weighted by molar-refractivity contribution is -0.206. The van der Waals surface area contributed by atoms with Crippen LogP contribution in [0.5, 0.6) is 0 Å². The van der Waals surface area contributed by atoms with Gasteiger partial charge in [-0.2, -0.15) is 13.2 Å². The summed E-state index contributed by atoms with van der Waals surface area (Å²) in [5.74, 6) is 0. The van der Waals surface area contributed by atoms with Crippen LogP contribution in [0.25, 0.3) is 0 Å². The second-order valence-electron chi connectivity index (χ2n) is 3.35. The molecule has 0 bridgehead atoms. The molecule has 1 aromatic heterocycles. The van der Waals surface area contributed by atoms with Gasteiger partial charge in [0.25, 0.3) is 0 Å². The third kappa shape index (κ3) is 3.44. The zero-order valence-corrected chi connectivity index (χ0v) is 9.06. The van der Waals surface area contributed by atoms with Crippen molar-refractivity contribution in [1.29, 1.82) is 0 Å². The Morgan fingerprint density at radius 2 is 2.13 bits per heavy atom. The van der Waals surface area contributed by atoms with Crippen molar-refractivity contribution in [1.82, 2.24) is 9.88 Å². The minimum absolute atomic E-state index is 0.306. The number of aliphatic hydroxyl groups is 1. The fourth-order valence-corrected chi connectivity index (χ4v) is 2.02. The van der Waals surface area contributed by atoms with Crippen molar-refractivity contribution < 1.29 is 18.3 Å². The molecule has 1 atom stereocenters. The van der Waals surface area contributed by atoms with E-state index >= 15 is 0 Å². The molecule has 7 heteroatoms. The highest BCUT2D eigenvalue weighted by Gasteiger charge is 2.41. The van der Waals surface area contributed by atoms with Gasteiger partial charge in [0.2, 0.25) is 6.10 Å². The third-order valence-electron chi connectivity index (χ3n) is 1.59. The van der Waals surface area contributed by atoms with E-state index in [1.54, 1.807) is 14.1 Å². The molecule has 0 amide bonds. The topological polar surface area (TPSA) is 36.4 Å². The molecule has 0 aliphatic carbocycles. The maximum atomic E-state index is 12.1. The lowest BCUT2D eigenvalue weighted by atomic mass is 10.4. The Kier molecular flexibility index (Phi) is 3.69. The number of halogens is 3. The smallest absolute Gasteiger partial charge is 0.377 e. The fourth-order valence-electron chi connectivity index (χ4n) is 0.974. The van der Waals surface area contributed by atoms with Gasteiger partial charge in [-0.1, -0.05) is 0 Å². The molecule has 15 heavy (non-hydrogen) atoms. The Morgan fingerprint density at radius 3 is 2.60 bits per heavy atom. The molecule has 1 aromatic rings. The summed E-state index contributed by atoms with van der Waals surface area (Å²) in [6, 6.07) is 0. The van der Waals surface area contributed by atoms with Crippen molar-refractivity contribution in [3.63, 3.8) is 0 Å². The van der Waals surface area contributed by atoms with Crippen molar-refractivity contribution in [2.45, 2.75) is 18.8 Å². The molecule has 0 aliphatic heterocycles. The molecule has 0 aliphatic rings. The number of alkyl halides is 3. The van der Waals surface area contributed by atoms with Gasteiger partial charge in [-0.25, -0.2) is 4.98 Å². The van der Waals surface area contributed by atoms with E-state index in [4.69, 9.17) is 5.11 Å². The predicted octanol–water partition coefficient (Wildman–Crippen LogP) is 1.80. The van der Waals surface area contributed by atoms with Gasteiger partial charge >= 0.3 is 6.18 Å². The van der Waals surface area contributed by atoms with Crippen LogP contribution in [-0.2, 0) is 6.54 Å². The van der Waals surface area contributed by atoms with E-state index < -0.39 is 12.3 Å².